The molecule has 0 saturated heterocycles. The molecule has 82 valence electrons. The highest BCUT2D eigenvalue weighted by Crippen LogP contribution is 2.06. The molecule has 0 N–H and O–H groups in total. The molecule has 1 unspecified atom stereocenters. The summed E-state index contributed by atoms with van der Waals surface area (Å²) in [5.74, 6) is 2.71. The van der Waals surface area contributed by atoms with Gasteiger partial charge >= 0.3 is 0 Å². The zero-order valence-corrected chi connectivity index (χ0v) is 9.72. The smallest absolute Gasteiger partial charge is 0.117 e. The van der Waals surface area contributed by atoms with Crippen molar-refractivity contribution in [1.29, 1.82) is 0 Å². The summed E-state index contributed by atoms with van der Waals surface area (Å²) in [5.41, 5.74) is 0. The molecule has 0 aromatic heterocycles. The quantitative estimate of drug-likeness (QED) is 0.403. The maximum atomic E-state index is 5.60. The highest BCUT2D eigenvalue weighted by atomic mass is 16.5. The van der Waals surface area contributed by atoms with Crippen LogP contribution in [0.5, 0.6) is 0 Å². The fourth-order valence-corrected chi connectivity index (χ4v) is 1.36. The Balaban J connectivity index is 3.30. The average molecular weight is 196 g/mol. The van der Waals surface area contributed by atoms with Crippen molar-refractivity contribution in [1.82, 2.24) is 0 Å². The van der Waals surface area contributed by atoms with Gasteiger partial charge in [-0.25, -0.2) is 0 Å². The molecule has 0 bridgehead atoms. The maximum Gasteiger partial charge on any atom is 0.117 e. The Labute approximate surface area is 89.2 Å². The fourth-order valence-electron chi connectivity index (χ4n) is 1.36. The minimum absolute atomic E-state index is 0.0524. The number of rotatable bonds is 9. The lowest BCUT2D eigenvalue weighted by molar-refractivity contribution is 0.0811. The monoisotopic (exact) mass is 196 g/mol. The third kappa shape index (κ3) is 8.13. The SMILES string of the molecule is C#CC(CCCC)OCCCCCC. The van der Waals surface area contributed by atoms with Crippen molar-refractivity contribution in [3.8, 4) is 12.3 Å². The van der Waals surface area contributed by atoms with Crippen molar-refractivity contribution in [3.05, 3.63) is 0 Å². The minimum atomic E-state index is 0.0524. The number of hydrogen-bond acceptors (Lipinski definition) is 1. The zero-order valence-electron chi connectivity index (χ0n) is 9.72. The minimum Gasteiger partial charge on any atom is -0.366 e. The van der Waals surface area contributed by atoms with Gasteiger partial charge in [0.2, 0.25) is 0 Å². The molecule has 0 radical (unpaired) electrons. The van der Waals surface area contributed by atoms with E-state index in [1.807, 2.05) is 0 Å². The van der Waals surface area contributed by atoms with Crippen LogP contribution < -0.4 is 0 Å². The van der Waals surface area contributed by atoms with E-state index in [1.54, 1.807) is 0 Å². The van der Waals surface area contributed by atoms with Crippen LogP contribution in [-0.2, 0) is 4.74 Å². The Bertz CT molecular complexity index is 146. The summed E-state index contributed by atoms with van der Waals surface area (Å²) in [4.78, 5) is 0. The van der Waals surface area contributed by atoms with Crippen LogP contribution in [0.25, 0.3) is 0 Å². The molecule has 1 heteroatoms. The lowest BCUT2D eigenvalue weighted by Crippen LogP contribution is -2.11. The molecule has 0 aliphatic rings. The standard InChI is InChI=1S/C13H24O/c1-4-7-9-10-12-14-13(6-3)11-8-5-2/h3,13H,4-5,7-12H2,1-2H3. The average Bonchev–Trinajstić information content (AvgIpc) is 2.22. The Morgan fingerprint density at radius 3 is 2.36 bits per heavy atom. The summed E-state index contributed by atoms with van der Waals surface area (Å²) < 4.78 is 5.60. The first kappa shape index (κ1) is 13.5. The van der Waals surface area contributed by atoms with Gasteiger partial charge < -0.3 is 4.74 Å². The van der Waals surface area contributed by atoms with E-state index >= 15 is 0 Å². The lowest BCUT2D eigenvalue weighted by atomic mass is 10.1. The Morgan fingerprint density at radius 2 is 1.79 bits per heavy atom. The van der Waals surface area contributed by atoms with Crippen LogP contribution in [0.4, 0.5) is 0 Å². The van der Waals surface area contributed by atoms with Crippen LogP contribution >= 0.6 is 0 Å². The van der Waals surface area contributed by atoms with E-state index in [2.05, 4.69) is 19.8 Å². The first-order valence-electron chi connectivity index (χ1n) is 5.92. The summed E-state index contributed by atoms with van der Waals surface area (Å²) >= 11 is 0. The molecule has 0 spiro atoms. The van der Waals surface area contributed by atoms with Crippen molar-refractivity contribution in [2.45, 2.75) is 64.9 Å². The van der Waals surface area contributed by atoms with Gasteiger partial charge in [-0.15, -0.1) is 6.42 Å². The van der Waals surface area contributed by atoms with Crippen molar-refractivity contribution >= 4 is 0 Å². The topological polar surface area (TPSA) is 9.23 Å². The molecule has 14 heavy (non-hydrogen) atoms. The molecule has 0 aromatic carbocycles. The third-order valence-electron chi connectivity index (χ3n) is 2.32. The first-order chi connectivity index (χ1) is 6.85. The normalized spacial score (nSPS) is 12.4. The molecule has 0 saturated carbocycles. The van der Waals surface area contributed by atoms with Crippen molar-refractivity contribution in [2.24, 2.45) is 0 Å². The van der Waals surface area contributed by atoms with Gasteiger partial charge in [-0.2, -0.15) is 0 Å². The molecule has 0 aromatic rings. The predicted octanol–water partition coefficient (Wildman–Crippen LogP) is 3.78. The Morgan fingerprint density at radius 1 is 1.07 bits per heavy atom. The lowest BCUT2D eigenvalue weighted by Gasteiger charge is -2.11. The van der Waals surface area contributed by atoms with Crippen LogP contribution in [0, 0.1) is 12.3 Å². The van der Waals surface area contributed by atoms with Gasteiger partial charge in [0.05, 0.1) is 0 Å². The van der Waals surface area contributed by atoms with Gasteiger partial charge in [-0.1, -0.05) is 51.9 Å². The molecule has 0 aliphatic heterocycles. The van der Waals surface area contributed by atoms with Crippen molar-refractivity contribution < 1.29 is 4.74 Å². The van der Waals surface area contributed by atoms with Gasteiger partial charge in [-0.3, -0.25) is 0 Å². The van der Waals surface area contributed by atoms with Crippen molar-refractivity contribution in [2.75, 3.05) is 6.61 Å². The van der Waals surface area contributed by atoms with Crippen LogP contribution in [0.15, 0.2) is 0 Å². The molecular formula is C13H24O. The summed E-state index contributed by atoms with van der Waals surface area (Å²) in [5, 5.41) is 0. The fraction of sp³-hybridized carbons (Fsp3) is 0.846. The summed E-state index contributed by atoms with van der Waals surface area (Å²) in [6.07, 6.45) is 13.8. The van der Waals surface area contributed by atoms with Gasteiger partial charge in [-0.05, 0) is 12.8 Å². The van der Waals surface area contributed by atoms with Gasteiger partial charge in [0.15, 0.2) is 0 Å². The largest absolute Gasteiger partial charge is 0.366 e. The van der Waals surface area contributed by atoms with E-state index < -0.39 is 0 Å². The summed E-state index contributed by atoms with van der Waals surface area (Å²) in [6.45, 7) is 5.22. The molecule has 1 atom stereocenters. The highest BCUT2D eigenvalue weighted by molar-refractivity contribution is 4.94. The van der Waals surface area contributed by atoms with Crippen LogP contribution in [0.3, 0.4) is 0 Å². The molecule has 0 amide bonds. The molecule has 0 fully saturated rings. The Kier molecular flexibility index (Phi) is 10.2. The van der Waals surface area contributed by atoms with E-state index in [1.165, 1.54) is 32.1 Å². The van der Waals surface area contributed by atoms with Gasteiger partial charge in [0.1, 0.15) is 6.10 Å². The highest BCUT2D eigenvalue weighted by Gasteiger charge is 2.03. The molecule has 0 heterocycles. The zero-order chi connectivity index (χ0) is 10.6. The Hall–Kier alpha value is -0.480. The molecule has 1 nitrogen and oxygen atoms in total. The number of terminal acetylenes is 1. The number of ether oxygens (including phenoxy) is 1. The van der Waals surface area contributed by atoms with E-state index in [0.717, 1.165) is 19.4 Å². The second-order valence-corrected chi connectivity index (χ2v) is 3.73. The van der Waals surface area contributed by atoms with Crippen molar-refractivity contribution in [3.63, 3.8) is 0 Å². The first-order valence-corrected chi connectivity index (χ1v) is 5.92. The van der Waals surface area contributed by atoms with Gasteiger partial charge in [0.25, 0.3) is 0 Å². The number of hydrogen-bond donors (Lipinski definition) is 0. The van der Waals surface area contributed by atoms with Gasteiger partial charge in [0, 0.05) is 6.61 Å². The molecule has 0 aliphatic carbocycles. The summed E-state index contributed by atoms with van der Waals surface area (Å²) in [6, 6.07) is 0. The molecule has 0 rings (SSSR count). The van der Waals surface area contributed by atoms with E-state index in [0.29, 0.717) is 0 Å². The number of unbranched alkanes of at least 4 members (excludes halogenated alkanes) is 4. The van der Waals surface area contributed by atoms with E-state index in [9.17, 15) is 0 Å². The molecular weight excluding hydrogens is 172 g/mol. The van der Waals surface area contributed by atoms with Crippen LogP contribution in [-0.4, -0.2) is 12.7 Å². The third-order valence-corrected chi connectivity index (χ3v) is 2.32. The van der Waals surface area contributed by atoms with Crippen LogP contribution in [0.1, 0.15) is 58.8 Å². The van der Waals surface area contributed by atoms with Crippen LogP contribution in [0.2, 0.25) is 0 Å². The summed E-state index contributed by atoms with van der Waals surface area (Å²) in [7, 11) is 0. The van der Waals surface area contributed by atoms with E-state index in [-0.39, 0.29) is 6.10 Å². The van der Waals surface area contributed by atoms with E-state index in [4.69, 9.17) is 11.2 Å². The predicted molar refractivity (Wildman–Crippen MR) is 62.2 cm³/mol. The second-order valence-electron chi connectivity index (χ2n) is 3.73. The second kappa shape index (κ2) is 10.6. The maximum absolute atomic E-state index is 5.60.